The highest BCUT2D eigenvalue weighted by Crippen LogP contribution is 2.19. The van der Waals surface area contributed by atoms with E-state index in [0.29, 0.717) is 13.0 Å². The van der Waals surface area contributed by atoms with E-state index in [1.165, 1.54) is 17.2 Å². The van der Waals surface area contributed by atoms with Gasteiger partial charge >= 0.3 is 12.0 Å². The zero-order valence-electron chi connectivity index (χ0n) is 11.4. The second-order valence-corrected chi connectivity index (χ2v) is 4.81. The number of piperidine rings is 1. The fourth-order valence-corrected chi connectivity index (χ4v) is 2.33. The summed E-state index contributed by atoms with van der Waals surface area (Å²) in [5.74, 6) is -0.916. The lowest BCUT2D eigenvalue weighted by atomic mass is 10.00. The predicted molar refractivity (Wildman–Crippen MR) is 71.3 cm³/mol. The topological polar surface area (TPSA) is 112 Å². The summed E-state index contributed by atoms with van der Waals surface area (Å²) in [7, 11) is 0. The molecule has 1 fully saturated rings. The van der Waals surface area contributed by atoms with Crippen molar-refractivity contribution in [2.45, 2.75) is 31.7 Å². The van der Waals surface area contributed by atoms with Crippen molar-refractivity contribution in [3.63, 3.8) is 0 Å². The van der Waals surface area contributed by atoms with E-state index < -0.39 is 17.9 Å². The van der Waals surface area contributed by atoms with Crippen LogP contribution in [0.25, 0.3) is 0 Å². The van der Waals surface area contributed by atoms with Crippen molar-refractivity contribution in [2.75, 3.05) is 6.54 Å². The third kappa shape index (κ3) is 3.98. The van der Waals surface area contributed by atoms with Crippen LogP contribution in [0.3, 0.4) is 0 Å². The molecule has 1 unspecified atom stereocenters. The number of likely N-dealkylation sites (tertiary alicyclic amines) is 1. The van der Waals surface area contributed by atoms with Crippen LogP contribution in [0.1, 0.15) is 36.2 Å². The van der Waals surface area contributed by atoms with E-state index in [1.807, 2.05) is 0 Å². The lowest BCUT2D eigenvalue weighted by molar-refractivity contribution is -0.123. The van der Waals surface area contributed by atoms with Gasteiger partial charge in [0, 0.05) is 19.0 Å². The van der Waals surface area contributed by atoms with Crippen LogP contribution >= 0.6 is 0 Å². The Bertz CT molecular complexity index is 514. The van der Waals surface area contributed by atoms with E-state index >= 15 is 0 Å². The summed E-state index contributed by atoms with van der Waals surface area (Å²) in [5, 5.41) is 9.08. The largest absolute Gasteiger partial charge is 0.465 e. The van der Waals surface area contributed by atoms with Crippen LogP contribution in [0.5, 0.6) is 0 Å². The molecule has 3 amide bonds. The van der Waals surface area contributed by atoms with Gasteiger partial charge < -0.3 is 14.4 Å². The first-order valence-corrected chi connectivity index (χ1v) is 6.70. The van der Waals surface area contributed by atoms with E-state index in [4.69, 9.17) is 9.52 Å². The molecule has 0 aromatic carbocycles. The predicted octanol–water partition coefficient (Wildman–Crippen LogP) is 0.963. The standard InChI is InChI=1S/C13H17N3O5/c17-11(14-15-12(18)10-5-3-7-21-10)8-9-4-1-2-6-16(9)13(19)20/h3,5,7,9H,1-2,4,6,8H2,(H,14,17)(H,15,18)(H,19,20). The van der Waals surface area contributed by atoms with Gasteiger partial charge in [-0.15, -0.1) is 0 Å². The molecule has 1 atom stereocenters. The Morgan fingerprint density at radius 1 is 1.33 bits per heavy atom. The summed E-state index contributed by atoms with van der Waals surface area (Å²) in [6.45, 7) is 0.437. The normalized spacial score (nSPS) is 18.1. The van der Waals surface area contributed by atoms with Gasteiger partial charge in [-0.3, -0.25) is 20.4 Å². The summed E-state index contributed by atoms with van der Waals surface area (Å²) in [6, 6.07) is 2.68. The maximum Gasteiger partial charge on any atom is 0.407 e. The number of carbonyl (C=O) groups excluding carboxylic acids is 2. The average molecular weight is 295 g/mol. The minimum atomic E-state index is -1.02. The van der Waals surface area contributed by atoms with Gasteiger partial charge in [0.1, 0.15) is 0 Å². The first kappa shape index (κ1) is 14.9. The summed E-state index contributed by atoms with van der Waals surface area (Å²) in [6.07, 6.45) is 2.69. The van der Waals surface area contributed by atoms with Crippen molar-refractivity contribution in [2.24, 2.45) is 0 Å². The number of rotatable bonds is 3. The molecule has 0 saturated carbocycles. The van der Waals surface area contributed by atoms with Gasteiger partial charge in [-0.2, -0.15) is 0 Å². The van der Waals surface area contributed by atoms with Crippen LogP contribution in [0.2, 0.25) is 0 Å². The molecule has 8 nitrogen and oxygen atoms in total. The Labute approximate surface area is 121 Å². The van der Waals surface area contributed by atoms with Crippen molar-refractivity contribution >= 4 is 17.9 Å². The molecule has 2 heterocycles. The van der Waals surface area contributed by atoms with Crippen LogP contribution in [-0.2, 0) is 4.79 Å². The first-order chi connectivity index (χ1) is 10.1. The molecule has 21 heavy (non-hydrogen) atoms. The molecule has 1 aliphatic heterocycles. The Kier molecular flexibility index (Phi) is 4.81. The van der Waals surface area contributed by atoms with Crippen molar-refractivity contribution in [3.8, 4) is 0 Å². The molecule has 3 N–H and O–H groups in total. The van der Waals surface area contributed by atoms with Crippen LogP contribution < -0.4 is 10.9 Å². The summed E-state index contributed by atoms with van der Waals surface area (Å²) in [4.78, 5) is 35.7. The van der Waals surface area contributed by atoms with Gasteiger partial charge in [-0.1, -0.05) is 0 Å². The monoisotopic (exact) mass is 295 g/mol. The van der Waals surface area contributed by atoms with Crippen molar-refractivity contribution < 1.29 is 23.9 Å². The zero-order chi connectivity index (χ0) is 15.2. The smallest absolute Gasteiger partial charge is 0.407 e. The molecular weight excluding hydrogens is 278 g/mol. The van der Waals surface area contributed by atoms with Gasteiger partial charge in [0.05, 0.1) is 6.26 Å². The van der Waals surface area contributed by atoms with E-state index in [9.17, 15) is 14.4 Å². The minimum Gasteiger partial charge on any atom is -0.465 e. The quantitative estimate of drug-likeness (QED) is 0.719. The van der Waals surface area contributed by atoms with Gasteiger partial charge in [0.25, 0.3) is 0 Å². The second-order valence-electron chi connectivity index (χ2n) is 4.81. The molecule has 1 saturated heterocycles. The number of nitrogens with one attached hydrogen (secondary N) is 2. The second kappa shape index (κ2) is 6.78. The number of nitrogens with zero attached hydrogens (tertiary/aromatic N) is 1. The fraction of sp³-hybridized carbons (Fsp3) is 0.462. The van der Waals surface area contributed by atoms with Gasteiger partial charge in [-0.25, -0.2) is 4.79 Å². The molecule has 1 aromatic rings. The average Bonchev–Trinajstić information content (AvgIpc) is 2.99. The number of hydrogen-bond acceptors (Lipinski definition) is 4. The van der Waals surface area contributed by atoms with Gasteiger partial charge in [0.2, 0.25) is 5.91 Å². The SMILES string of the molecule is O=C(CC1CCCCN1C(=O)O)NNC(=O)c1ccco1. The first-order valence-electron chi connectivity index (χ1n) is 6.70. The summed E-state index contributed by atoms with van der Waals surface area (Å²) in [5.41, 5.74) is 4.48. The van der Waals surface area contributed by atoms with E-state index in [2.05, 4.69) is 10.9 Å². The number of amides is 3. The van der Waals surface area contributed by atoms with Crippen molar-refractivity contribution in [1.29, 1.82) is 0 Å². The van der Waals surface area contributed by atoms with Crippen LogP contribution in [0.15, 0.2) is 22.8 Å². The Morgan fingerprint density at radius 3 is 2.81 bits per heavy atom. The fourth-order valence-electron chi connectivity index (χ4n) is 2.33. The molecule has 0 spiro atoms. The van der Waals surface area contributed by atoms with Crippen LogP contribution in [-0.4, -0.2) is 40.5 Å². The maximum atomic E-state index is 11.8. The molecule has 0 radical (unpaired) electrons. The molecule has 0 aliphatic carbocycles. The van der Waals surface area contributed by atoms with Crippen molar-refractivity contribution in [3.05, 3.63) is 24.2 Å². The molecule has 2 rings (SSSR count). The highest BCUT2D eigenvalue weighted by atomic mass is 16.4. The van der Waals surface area contributed by atoms with Crippen LogP contribution in [0.4, 0.5) is 4.79 Å². The number of hydrazine groups is 1. The molecule has 114 valence electrons. The molecule has 1 aromatic heterocycles. The van der Waals surface area contributed by atoms with Crippen LogP contribution in [0, 0.1) is 0 Å². The third-order valence-electron chi connectivity index (χ3n) is 3.35. The molecule has 8 heteroatoms. The van der Waals surface area contributed by atoms with Gasteiger partial charge in [0.15, 0.2) is 5.76 Å². The lowest BCUT2D eigenvalue weighted by Crippen LogP contribution is -2.48. The third-order valence-corrected chi connectivity index (χ3v) is 3.35. The number of furan rings is 1. The zero-order valence-corrected chi connectivity index (χ0v) is 11.4. The van der Waals surface area contributed by atoms with E-state index in [0.717, 1.165) is 12.8 Å². The highest BCUT2D eigenvalue weighted by molar-refractivity contribution is 5.92. The number of carboxylic acid groups (broad SMARTS) is 1. The molecule has 0 bridgehead atoms. The maximum absolute atomic E-state index is 11.8. The summed E-state index contributed by atoms with van der Waals surface area (Å²) >= 11 is 0. The van der Waals surface area contributed by atoms with E-state index in [1.54, 1.807) is 6.07 Å². The Balaban J connectivity index is 1.81. The highest BCUT2D eigenvalue weighted by Gasteiger charge is 2.28. The molecule has 1 aliphatic rings. The Hall–Kier alpha value is -2.51. The summed E-state index contributed by atoms with van der Waals surface area (Å²) < 4.78 is 4.88. The minimum absolute atomic E-state index is 0.0186. The van der Waals surface area contributed by atoms with E-state index in [-0.39, 0.29) is 18.2 Å². The molecular formula is C13H17N3O5. The van der Waals surface area contributed by atoms with Gasteiger partial charge in [-0.05, 0) is 31.4 Å². The number of carbonyl (C=O) groups is 3. The lowest BCUT2D eigenvalue weighted by Gasteiger charge is -2.33. The van der Waals surface area contributed by atoms with Crippen molar-refractivity contribution in [1.82, 2.24) is 15.8 Å². The number of hydrogen-bond donors (Lipinski definition) is 3. The Morgan fingerprint density at radius 2 is 2.14 bits per heavy atom.